The van der Waals surface area contributed by atoms with E-state index in [1.165, 1.54) is 60.7 Å². The van der Waals surface area contributed by atoms with Gasteiger partial charge in [0, 0.05) is 12.5 Å². The zero-order valence-corrected chi connectivity index (χ0v) is 21.3. The molecule has 0 amide bonds. The van der Waals surface area contributed by atoms with Gasteiger partial charge < -0.3 is 14.6 Å². The quantitative estimate of drug-likeness (QED) is 0.235. The number of hydrogen-bond acceptors (Lipinski definition) is 5. The second kappa shape index (κ2) is 11.5. The number of anilines is 1. The third-order valence-corrected chi connectivity index (χ3v) is 7.71. The maximum Gasteiger partial charge on any atom is 0.416 e. The molecule has 1 N–H and O–H groups in total. The lowest BCUT2D eigenvalue weighted by Crippen LogP contribution is -2.43. The molecule has 1 aliphatic heterocycles. The molecule has 1 unspecified atom stereocenters. The molecule has 0 saturated carbocycles. The molecule has 4 rings (SSSR count). The highest BCUT2D eigenvalue weighted by Gasteiger charge is 2.35. The third kappa shape index (κ3) is 6.71. The number of carbonyl (C=O) groups is 1. The molecule has 0 fully saturated rings. The van der Waals surface area contributed by atoms with Gasteiger partial charge in [0.25, 0.3) is 10.0 Å². The number of benzene rings is 3. The summed E-state index contributed by atoms with van der Waals surface area (Å²) in [5, 5.41) is 9.06. The van der Waals surface area contributed by atoms with E-state index in [1.54, 1.807) is 0 Å². The van der Waals surface area contributed by atoms with Crippen LogP contribution in [0, 0.1) is 0 Å². The normalized spacial score (nSPS) is 15.7. The van der Waals surface area contributed by atoms with E-state index in [9.17, 15) is 35.2 Å². The average molecular weight is 584 g/mol. The lowest BCUT2D eigenvalue weighted by molar-refractivity contribution is -0.138. The number of nitrogens with zero attached hydrogens (tertiary/aromatic N) is 1. The van der Waals surface area contributed by atoms with Crippen molar-refractivity contribution in [2.45, 2.75) is 36.6 Å². The minimum absolute atomic E-state index is 0.0226. The van der Waals surface area contributed by atoms with E-state index in [0.29, 0.717) is 5.56 Å². The second-order valence-corrected chi connectivity index (χ2v) is 10.6. The predicted octanol–water partition coefficient (Wildman–Crippen LogP) is 6.30. The Morgan fingerprint density at radius 1 is 1.07 bits per heavy atom. The van der Waals surface area contributed by atoms with Crippen LogP contribution in [0.25, 0.3) is 12.2 Å². The average Bonchev–Trinajstić information content (AvgIpc) is 2.89. The fourth-order valence-electron chi connectivity index (χ4n) is 4.12. The molecule has 40 heavy (non-hydrogen) atoms. The molecule has 0 bridgehead atoms. The number of aliphatic carboxylic acids is 1. The Morgan fingerprint density at radius 2 is 1.82 bits per heavy atom. The molecular weight excluding hydrogens is 561 g/mol. The van der Waals surface area contributed by atoms with Crippen LogP contribution in [0.2, 0.25) is 0 Å². The van der Waals surface area contributed by atoms with E-state index in [2.05, 4.69) is 4.74 Å². The molecular formula is C27H22F5NO6S. The van der Waals surface area contributed by atoms with Crippen LogP contribution in [0.15, 0.2) is 71.6 Å². The summed E-state index contributed by atoms with van der Waals surface area (Å²) in [4.78, 5) is 10.7. The standard InChI is InChI=1S/C27H22F5NO6S/c28-26(29)39-19-5-3-6-21(15-19)40(36,37)33-16-20(11-13-25(34)35)38-24-12-9-17(14-23(24)33)8-10-18-4-1-2-7-22(18)27(30,31)32/h1-10,12,14-15,20,26H,11,13,16H2,(H,34,35). The van der Waals surface area contributed by atoms with Crippen LogP contribution in [0.4, 0.5) is 27.6 Å². The Labute approximate surface area is 226 Å². The van der Waals surface area contributed by atoms with Gasteiger partial charge in [-0.15, -0.1) is 0 Å². The zero-order valence-electron chi connectivity index (χ0n) is 20.5. The van der Waals surface area contributed by atoms with Crippen LogP contribution in [-0.2, 0) is 21.0 Å². The fraction of sp³-hybridized carbons (Fsp3) is 0.222. The van der Waals surface area contributed by atoms with Gasteiger partial charge in [0.1, 0.15) is 17.6 Å². The molecule has 1 aliphatic rings. The predicted molar refractivity (Wildman–Crippen MR) is 136 cm³/mol. The van der Waals surface area contributed by atoms with Crippen molar-refractivity contribution in [1.82, 2.24) is 0 Å². The van der Waals surface area contributed by atoms with Crippen LogP contribution in [0.5, 0.6) is 11.5 Å². The van der Waals surface area contributed by atoms with Gasteiger partial charge in [-0.1, -0.05) is 42.5 Å². The molecule has 13 heteroatoms. The van der Waals surface area contributed by atoms with E-state index >= 15 is 0 Å². The first-order valence-corrected chi connectivity index (χ1v) is 13.2. The first-order valence-electron chi connectivity index (χ1n) is 11.8. The molecule has 0 radical (unpaired) electrons. The summed E-state index contributed by atoms with van der Waals surface area (Å²) in [7, 11) is -4.41. The Balaban J connectivity index is 1.74. The minimum atomic E-state index is -4.58. The molecule has 7 nitrogen and oxygen atoms in total. The molecule has 0 aromatic heterocycles. The van der Waals surface area contributed by atoms with E-state index in [-0.39, 0.29) is 47.0 Å². The van der Waals surface area contributed by atoms with Crippen LogP contribution in [0.1, 0.15) is 29.5 Å². The highest BCUT2D eigenvalue weighted by atomic mass is 32.2. The lowest BCUT2D eigenvalue weighted by Gasteiger charge is -2.35. The maximum atomic E-state index is 13.7. The van der Waals surface area contributed by atoms with Crippen molar-refractivity contribution in [3.8, 4) is 11.5 Å². The van der Waals surface area contributed by atoms with Crippen molar-refractivity contribution in [3.63, 3.8) is 0 Å². The number of hydrogen-bond donors (Lipinski definition) is 1. The monoisotopic (exact) mass is 583 g/mol. The SMILES string of the molecule is O=C(O)CCC1CN(S(=O)(=O)c2cccc(OC(F)F)c2)c2cc(C=Cc3ccccc3C(F)(F)F)ccc2O1. The van der Waals surface area contributed by atoms with Gasteiger partial charge >= 0.3 is 18.8 Å². The number of carboxylic acid groups (broad SMARTS) is 1. The number of fused-ring (bicyclic) bond motifs is 1. The topological polar surface area (TPSA) is 93.1 Å². The summed E-state index contributed by atoms with van der Waals surface area (Å²) in [6, 6.07) is 13.8. The van der Waals surface area contributed by atoms with E-state index < -0.39 is 40.4 Å². The summed E-state index contributed by atoms with van der Waals surface area (Å²) in [6.45, 7) is -3.48. The molecule has 0 aliphatic carbocycles. The lowest BCUT2D eigenvalue weighted by atomic mass is 10.0. The van der Waals surface area contributed by atoms with E-state index in [4.69, 9.17) is 9.84 Å². The Bertz CT molecular complexity index is 1520. The van der Waals surface area contributed by atoms with Crippen molar-refractivity contribution >= 4 is 33.8 Å². The summed E-state index contributed by atoms with van der Waals surface area (Å²) in [5.74, 6) is -1.40. The molecule has 1 heterocycles. The van der Waals surface area contributed by atoms with Crippen LogP contribution >= 0.6 is 0 Å². The van der Waals surface area contributed by atoms with Crippen LogP contribution in [-0.4, -0.2) is 38.8 Å². The maximum absolute atomic E-state index is 13.7. The first-order chi connectivity index (χ1) is 18.8. The third-order valence-electron chi connectivity index (χ3n) is 5.94. The van der Waals surface area contributed by atoms with Crippen molar-refractivity contribution in [2.24, 2.45) is 0 Å². The molecule has 0 spiro atoms. The van der Waals surface area contributed by atoms with Gasteiger partial charge in [-0.05, 0) is 47.9 Å². The van der Waals surface area contributed by atoms with Gasteiger partial charge in [-0.2, -0.15) is 22.0 Å². The smallest absolute Gasteiger partial charge is 0.416 e. The van der Waals surface area contributed by atoms with Crippen molar-refractivity contribution in [2.75, 3.05) is 10.8 Å². The number of rotatable bonds is 9. The molecule has 3 aromatic rings. The fourth-order valence-corrected chi connectivity index (χ4v) is 5.65. The highest BCUT2D eigenvalue weighted by molar-refractivity contribution is 7.92. The summed E-state index contributed by atoms with van der Waals surface area (Å²) >= 11 is 0. The molecule has 212 valence electrons. The molecule has 0 saturated heterocycles. The van der Waals surface area contributed by atoms with Crippen molar-refractivity contribution < 1.29 is 49.7 Å². The molecule has 3 aromatic carbocycles. The van der Waals surface area contributed by atoms with Crippen LogP contribution < -0.4 is 13.8 Å². The Kier molecular flexibility index (Phi) is 8.33. The second-order valence-electron chi connectivity index (χ2n) is 8.71. The summed E-state index contributed by atoms with van der Waals surface area (Å²) in [6.07, 6.45) is -3.13. The number of halogens is 5. The van der Waals surface area contributed by atoms with Gasteiger partial charge in [0.05, 0.1) is 22.7 Å². The zero-order chi connectivity index (χ0) is 29.1. The number of alkyl halides is 5. The highest BCUT2D eigenvalue weighted by Crippen LogP contribution is 2.40. The number of ether oxygens (including phenoxy) is 2. The summed E-state index contributed by atoms with van der Waals surface area (Å²) in [5.41, 5.74) is -0.557. The van der Waals surface area contributed by atoms with Crippen LogP contribution in [0.3, 0.4) is 0 Å². The van der Waals surface area contributed by atoms with E-state index in [0.717, 1.165) is 22.5 Å². The van der Waals surface area contributed by atoms with Gasteiger partial charge in [-0.25, -0.2) is 8.42 Å². The number of carboxylic acids is 1. The van der Waals surface area contributed by atoms with Crippen molar-refractivity contribution in [1.29, 1.82) is 0 Å². The minimum Gasteiger partial charge on any atom is -0.486 e. The largest absolute Gasteiger partial charge is 0.486 e. The van der Waals surface area contributed by atoms with Gasteiger partial charge in [-0.3, -0.25) is 9.10 Å². The molecule has 1 atom stereocenters. The van der Waals surface area contributed by atoms with Crippen molar-refractivity contribution in [3.05, 3.63) is 83.4 Å². The van der Waals surface area contributed by atoms with E-state index in [1.807, 2.05) is 0 Å². The summed E-state index contributed by atoms with van der Waals surface area (Å²) < 4.78 is 104. The Hall–Kier alpha value is -4.13. The Morgan fingerprint density at radius 3 is 2.52 bits per heavy atom. The number of sulfonamides is 1. The van der Waals surface area contributed by atoms with Gasteiger partial charge in [0.2, 0.25) is 0 Å². The van der Waals surface area contributed by atoms with Gasteiger partial charge in [0.15, 0.2) is 0 Å². The first kappa shape index (κ1) is 28.9.